The van der Waals surface area contributed by atoms with Gasteiger partial charge < -0.3 is 15.4 Å². The van der Waals surface area contributed by atoms with Gasteiger partial charge in [-0.3, -0.25) is 9.78 Å². The van der Waals surface area contributed by atoms with Crippen molar-refractivity contribution in [2.45, 2.75) is 13.5 Å². The van der Waals surface area contributed by atoms with Gasteiger partial charge in [0, 0.05) is 35.6 Å². The van der Waals surface area contributed by atoms with Crippen LogP contribution in [0.15, 0.2) is 54.9 Å². The van der Waals surface area contributed by atoms with Crippen molar-refractivity contribution in [3.05, 3.63) is 82.4 Å². The molecule has 3 aromatic rings. The number of halogens is 2. The molecule has 1 heterocycles. The smallest absolute Gasteiger partial charge is 0.257 e. The van der Waals surface area contributed by atoms with Gasteiger partial charge in [-0.2, -0.15) is 0 Å². The van der Waals surface area contributed by atoms with Crippen molar-refractivity contribution < 1.29 is 13.9 Å². The van der Waals surface area contributed by atoms with Crippen molar-refractivity contribution in [3.8, 4) is 5.75 Å². The number of rotatable bonds is 6. The highest BCUT2D eigenvalue weighted by Gasteiger charge is 2.13. The third kappa shape index (κ3) is 4.58. The highest BCUT2D eigenvalue weighted by atomic mass is 35.5. The largest absolute Gasteiger partial charge is 0.495 e. The van der Waals surface area contributed by atoms with Crippen molar-refractivity contribution >= 4 is 28.9 Å². The van der Waals surface area contributed by atoms with Gasteiger partial charge in [-0.1, -0.05) is 29.8 Å². The third-order valence-corrected chi connectivity index (χ3v) is 4.58. The van der Waals surface area contributed by atoms with E-state index in [1.807, 2.05) is 6.92 Å². The van der Waals surface area contributed by atoms with Gasteiger partial charge in [0.2, 0.25) is 0 Å². The maximum atomic E-state index is 13.7. The molecule has 7 heteroatoms. The van der Waals surface area contributed by atoms with Crippen molar-refractivity contribution in [1.82, 2.24) is 4.98 Å². The molecule has 1 aromatic heterocycles. The van der Waals surface area contributed by atoms with E-state index >= 15 is 0 Å². The molecule has 2 N–H and O–H groups in total. The van der Waals surface area contributed by atoms with Crippen molar-refractivity contribution in [2.24, 2.45) is 0 Å². The summed E-state index contributed by atoms with van der Waals surface area (Å²) in [6.45, 7) is 2.12. The molecule has 0 saturated carbocycles. The highest BCUT2D eigenvalue weighted by molar-refractivity contribution is 6.31. The van der Waals surface area contributed by atoms with Gasteiger partial charge in [0.15, 0.2) is 0 Å². The standard InChI is InChI=1S/C21H19ClFN3O2/c1-13-7-19(20(28-2)9-17(13)22)26-21(27)15-8-16(12-24-10-15)25-11-14-5-3-4-6-18(14)23/h3-10,12,25H,11H2,1-2H3,(H,26,27). The first-order valence-electron chi connectivity index (χ1n) is 8.55. The number of pyridine rings is 1. The fraction of sp³-hybridized carbons (Fsp3) is 0.143. The molecule has 0 aliphatic carbocycles. The van der Waals surface area contributed by atoms with E-state index in [9.17, 15) is 9.18 Å². The number of anilines is 2. The summed E-state index contributed by atoms with van der Waals surface area (Å²) in [5.41, 5.74) is 2.82. The number of carbonyl (C=O) groups is 1. The van der Waals surface area contributed by atoms with Crippen LogP contribution in [-0.2, 0) is 6.54 Å². The van der Waals surface area contributed by atoms with Crippen LogP contribution in [0.5, 0.6) is 5.75 Å². The van der Waals surface area contributed by atoms with Crippen LogP contribution in [0.25, 0.3) is 0 Å². The number of carbonyl (C=O) groups excluding carboxylic acids is 1. The molecule has 0 atom stereocenters. The molecule has 0 aliphatic rings. The van der Waals surface area contributed by atoms with E-state index in [-0.39, 0.29) is 18.3 Å². The molecule has 1 amide bonds. The minimum Gasteiger partial charge on any atom is -0.495 e. The molecule has 5 nitrogen and oxygen atoms in total. The summed E-state index contributed by atoms with van der Waals surface area (Å²) >= 11 is 6.10. The molecule has 0 spiro atoms. The van der Waals surface area contributed by atoms with Gasteiger partial charge in [0.25, 0.3) is 5.91 Å². The first kappa shape index (κ1) is 19.6. The normalized spacial score (nSPS) is 10.4. The molecule has 0 aliphatic heterocycles. The molecule has 3 rings (SSSR count). The average molecular weight is 400 g/mol. The predicted molar refractivity (Wildman–Crippen MR) is 109 cm³/mol. The lowest BCUT2D eigenvalue weighted by atomic mass is 10.2. The maximum Gasteiger partial charge on any atom is 0.257 e. The van der Waals surface area contributed by atoms with E-state index in [1.165, 1.54) is 19.4 Å². The number of nitrogens with one attached hydrogen (secondary N) is 2. The highest BCUT2D eigenvalue weighted by Crippen LogP contribution is 2.31. The number of methoxy groups -OCH3 is 1. The van der Waals surface area contributed by atoms with Crippen LogP contribution in [0.4, 0.5) is 15.8 Å². The molecule has 144 valence electrons. The van der Waals surface area contributed by atoms with Crippen LogP contribution in [0.2, 0.25) is 5.02 Å². The number of ether oxygens (including phenoxy) is 1. The Morgan fingerprint density at radius 1 is 1.21 bits per heavy atom. The number of benzene rings is 2. The molecular weight excluding hydrogens is 381 g/mol. The third-order valence-electron chi connectivity index (χ3n) is 4.17. The Hall–Kier alpha value is -3.12. The van der Waals surface area contributed by atoms with E-state index in [1.54, 1.807) is 42.6 Å². The fourth-order valence-electron chi connectivity index (χ4n) is 2.62. The number of aryl methyl sites for hydroxylation is 1. The summed E-state index contributed by atoms with van der Waals surface area (Å²) in [5.74, 6) is -0.171. The van der Waals surface area contributed by atoms with Crippen molar-refractivity contribution in [1.29, 1.82) is 0 Å². The van der Waals surface area contributed by atoms with E-state index in [0.717, 1.165) is 5.56 Å². The number of hydrogen-bond donors (Lipinski definition) is 2. The second kappa shape index (κ2) is 8.71. The van der Waals surface area contributed by atoms with Crippen LogP contribution < -0.4 is 15.4 Å². The van der Waals surface area contributed by atoms with Crippen LogP contribution in [0.1, 0.15) is 21.5 Å². The minimum atomic E-state index is -0.345. The summed E-state index contributed by atoms with van der Waals surface area (Å²) < 4.78 is 19.0. The van der Waals surface area contributed by atoms with Gasteiger partial charge >= 0.3 is 0 Å². The summed E-state index contributed by atoms with van der Waals surface area (Å²) in [4.78, 5) is 16.7. The molecule has 2 aromatic carbocycles. The number of aromatic nitrogens is 1. The van der Waals surface area contributed by atoms with Crippen LogP contribution in [0.3, 0.4) is 0 Å². The van der Waals surface area contributed by atoms with Gasteiger partial charge in [-0.25, -0.2) is 4.39 Å². The maximum absolute atomic E-state index is 13.7. The Kier molecular flexibility index (Phi) is 6.11. The number of nitrogens with zero attached hydrogens (tertiary/aromatic N) is 1. The lowest BCUT2D eigenvalue weighted by Crippen LogP contribution is -2.14. The Labute approximate surface area is 167 Å². The quantitative estimate of drug-likeness (QED) is 0.608. The molecular formula is C21H19ClFN3O2. The predicted octanol–water partition coefficient (Wildman–Crippen LogP) is 5.06. The first-order chi connectivity index (χ1) is 13.5. The van der Waals surface area contributed by atoms with Crippen molar-refractivity contribution in [2.75, 3.05) is 17.7 Å². The van der Waals surface area contributed by atoms with E-state index < -0.39 is 0 Å². The second-order valence-corrected chi connectivity index (χ2v) is 6.57. The molecule has 0 unspecified atom stereocenters. The average Bonchev–Trinajstić information content (AvgIpc) is 2.70. The lowest BCUT2D eigenvalue weighted by Gasteiger charge is -2.13. The van der Waals surface area contributed by atoms with Gasteiger partial charge in [0.1, 0.15) is 11.6 Å². The second-order valence-electron chi connectivity index (χ2n) is 6.16. The van der Waals surface area contributed by atoms with Gasteiger partial charge in [-0.15, -0.1) is 0 Å². The monoisotopic (exact) mass is 399 g/mol. The number of amides is 1. The number of hydrogen-bond acceptors (Lipinski definition) is 4. The van der Waals surface area contributed by atoms with Crippen LogP contribution in [0, 0.1) is 12.7 Å². The summed E-state index contributed by atoms with van der Waals surface area (Å²) in [5, 5.41) is 6.43. The Bertz CT molecular complexity index is 1010. The lowest BCUT2D eigenvalue weighted by molar-refractivity contribution is 0.102. The molecule has 0 saturated heterocycles. The topological polar surface area (TPSA) is 63.2 Å². The minimum absolute atomic E-state index is 0.281. The van der Waals surface area contributed by atoms with E-state index in [2.05, 4.69) is 15.6 Å². The van der Waals surface area contributed by atoms with Gasteiger partial charge in [0.05, 0.1) is 24.0 Å². The molecule has 0 bridgehead atoms. The Morgan fingerprint density at radius 2 is 2.00 bits per heavy atom. The summed E-state index contributed by atoms with van der Waals surface area (Å²) in [6, 6.07) is 11.5. The van der Waals surface area contributed by atoms with E-state index in [4.69, 9.17) is 16.3 Å². The first-order valence-corrected chi connectivity index (χ1v) is 8.93. The fourth-order valence-corrected chi connectivity index (χ4v) is 2.78. The van der Waals surface area contributed by atoms with Crippen molar-refractivity contribution in [3.63, 3.8) is 0 Å². The van der Waals surface area contributed by atoms with E-state index in [0.29, 0.717) is 33.3 Å². The summed E-state index contributed by atoms with van der Waals surface area (Å²) in [7, 11) is 1.51. The Balaban J connectivity index is 1.74. The zero-order valence-electron chi connectivity index (χ0n) is 15.4. The molecule has 0 fully saturated rings. The summed E-state index contributed by atoms with van der Waals surface area (Å²) in [6.07, 6.45) is 3.03. The molecule has 28 heavy (non-hydrogen) atoms. The van der Waals surface area contributed by atoms with Gasteiger partial charge in [-0.05, 0) is 30.7 Å². The molecule has 0 radical (unpaired) electrons. The SMILES string of the molecule is COc1cc(Cl)c(C)cc1NC(=O)c1cncc(NCc2ccccc2F)c1. The van der Waals surface area contributed by atoms with Crippen LogP contribution in [-0.4, -0.2) is 18.0 Å². The zero-order chi connectivity index (χ0) is 20.1. The zero-order valence-corrected chi connectivity index (χ0v) is 16.2. The van der Waals surface area contributed by atoms with Crippen LogP contribution >= 0.6 is 11.6 Å². The Morgan fingerprint density at radius 3 is 2.75 bits per heavy atom.